The number of hydrogen-bond donors (Lipinski definition) is 1. The van der Waals surface area contributed by atoms with Crippen LogP contribution in [0.5, 0.6) is 0 Å². The normalized spacial score (nSPS) is 12.7. The zero-order chi connectivity index (χ0) is 15.3. The Labute approximate surface area is 123 Å². The smallest absolute Gasteiger partial charge is 0.328 e. The van der Waals surface area contributed by atoms with Gasteiger partial charge in [0.15, 0.2) is 0 Å². The van der Waals surface area contributed by atoms with Gasteiger partial charge in [-0.3, -0.25) is 4.79 Å². The van der Waals surface area contributed by atoms with Gasteiger partial charge in [0.05, 0.1) is 5.56 Å². The fourth-order valence-corrected chi connectivity index (χ4v) is 2.00. The summed E-state index contributed by atoms with van der Waals surface area (Å²) < 4.78 is 5.22. The van der Waals surface area contributed by atoms with Crippen molar-refractivity contribution in [1.82, 2.24) is 10.3 Å². The highest BCUT2D eigenvalue weighted by atomic mass is 32.2. The van der Waals surface area contributed by atoms with Crippen LogP contribution >= 0.6 is 11.8 Å². The third kappa shape index (κ3) is 4.85. The van der Waals surface area contributed by atoms with E-state index in [4.69, 9.17) is 4.74 Å². The molecule has 0 unspecified atom stereocenters. The average molecular weight is 296 g/mol. The van der Waals surface area contributed by atoms with E-state index in [-0.39, 0.29) is 5.91 Å². The molecule has 1 rings (SSSR count). The number of carbonyl (C=O) groups is 2. The molecule has 0 aliphatic heterocycles. The summed E-state index contributed by atoms with van der Waals surface area (Å²) in [5.74, 6) is -0.791. The van der Waals surface area contributed by atoms with Crippen LogP contribution in [0.3, 0.4) is 0 Å². The van der Waals surface area contributed by atoms with Crippen LogP contribution in [-0.2, 0) is 9.53 Å². The molecule has 0 spiro atoms. The fourth-order valence-electron chi connectivity index (χ4n) is 1.45. The van der Waals surface area contributed by atoms with Crippen molar-refractivity contribution in [2.24, 2.45) is 0 Å². The molecule has 0 fully saturated rings. The number of aromatic nitrogens is 1. The summed E-state index contributed by atoms with van der Waals surface area (Å²) in [6.07, 6.45) is 3.47. The molecule has 5 nitrogen and oxygen atoms in total. The zero-order valence-corrected chi connectivity index (χ0v) is 13.2. The first-order valence-corrected chi connectivity index (χ1v) is 7.50. The monoisotopic (exact) mass is 296 g/mol. The number of hydrogen-bond acceptors (Lipinski definition) is 5. The van der Waals surface area contributed by atoms with Crippen molar-refractivity contribution in [2.75, 3.05) is 6.26 Å². The summed E-state index contributed by atoms with van der Waals surface area (Å²) >= 11 is 1.38. The van der Waals surface area contributed by atoms with Crippen LogP contribution in [0.1, 0.15) is 38.1 Å². The van der Waals surface area contributed by atoms with Gasteiger partial charge in [0.2, 0.25) is 0 Å². The van der Waals surface area contributed by atoms with E-state index in [1.807, 2.05) is 6.26 Å². The number of rotatable bonds is 4. The molecular weight excluding hydrogens is 276 g/mol. The number of esters is 1. The Hall–Kier alpha value is -1.56. The quantitative estimate of drug-likeness (QED) is 0.682. The van der Waals surface area contributed by atoms with E-state index < -0.39 is 17.6 Å². The molecule has 110 valence electrons. The summed E-state index contributed by atoms with van der Waals surface area (Å²) in [5, 5.41) is 3.25. The molecule has 0 radical (unpaired) electrons. The summed E-state index contributed by atoms with van der Waals surface area (Å²) in [6.45, 7) is 6.95. The summed E-state index contributed by atoms with van der Waals surface area (Å²) in [6, 6.07) is 2.65. The number of ether oxygens (including phenoxy) is 1. The molecule has 1 atom stereocenters. The highest BCUT2D eigenvalue weighted by molar-refractivity contribution is 7.98. The highest BCUT2D eigenvalue weighted by Crippen LogP contribution is 2.17. The molecule has 6 heteroatoms. The van der Waals surface area contributed by atoms with Gasteiger partial charge in [-0.2, -0.15) is 0 Å². The van der Waals surface area contributed by atoms with Crippen molar-refractivity contribution >= 4 is 23.6 Å². The number of thioether (sulfide) groups is 1. The first-order valence-electron chi connectivity index (χ1n) is 6.27. The molecule has 0 saturated heterocycles. The van der Waals surface area contributed by atoms with E-state index in [1.54, 1.807) is 46.0 Å². The van der Waals surface area contributed by atoms with Gasteiger partial charge < -0.3 is 10.1 Å². The Bertz CT molecular complexity index is 497. The van der Waals surface area contributed by atoms with Gasteiger partial charge in [0.1, 0.15) is 16.7 Å². The summed E-state index contributed by atoms with van der Waals surface area (Å²) in [7, 11) is 0. The van der Waals surface area contributed by atoms with Gasteiger partial charge in [0.25, 0.3) is 5.91 Å². The molecule has 1 N–H and O–H groups in total. The Morgan fingerprint density at radius 3 is 2.60 bits per heavy atom. The van der Waals surface area contributed by atoms with Crippen LogP contribution in [0.2, 0.25) is 0 Å². The average Bonchev–Trinajstić information content (AvgIpc) is 2.36. The number of pyridine rings is 1. The van der Waals surface area contributed by atoms with Gasteiger partial charge in [-0.05, 0) is 46.1 Å². The van der Waals surface area contributed by atoms with E-state index in [9.17, 15) is 9.59 Å². The molecule has 1 aromatic rings. The van der Waals surface area contributed by atoms with Crippen molar-refractivity contribution in [3.05, 3.63) is 23.9 Å². The topological polar surface area (TPSA) is 68.3 Å². The minimum atomic E-state index is -0.711. The molecule has 0 bridgehead atoms. The molecular formula is C14H20N2O3S. The van der Waals surface area contributed by atoms with Gasteiger partial charge in [-0.15, -0.1) is 11.8 Å². The summed E-state index contributed by atoms with van der Waals surface area (Å²) in [4.78, 5) is 28.1. The Morgan fingerprint density at radius 2 is 2.05 bits per heavy atom. The Kier molecular flexibility index (Phi) is 5.56. The summed E-state index contributed by atoms with van der Waals surface area (Å²) in [5.41, 5.74) is -0.121. The molecule has 1 amide bonds. The lowest BCUT2D eigenvalue weighted by atomic mass is 10.2. The van der Waals surface area contributed by atoms with Crippen molar-refractivity contribution in [3.8, 4) is 0 Å². The number of carbonyl (C=O) groups excluding carboxylic acids is 2. The predicted molar refractivity (Wildman–Crippen MR) is 78.8 cm³/mol. The van der Waals surface area contributed by atoms with Crippen LogP contribution in [0.4, 0.5) is 0 Å². The predicted octanol–water partition coefficient (Wildman–Crippen LogP) is 2.26. The third-order valence-corrected chi connectivity index (χ3v) is 3.03. The number of nitrogens with zero attached hydrogens (tertiary/aromatic N) is 1. The lowest BCUT2D eigenvalue weighted by molar-refractivity contribution is -0.156. The van der Waals surface area contributed by atoms with Crippen molar-refractivity contribution in [3.63, 3.8) is 0 Å². The Balaban J connectivity index is 2.73. The van der Waals surface area contributed by atoms with Crippen molar-refractivity contribution < 1.29 is 14.3 Å². The molecule has 0 aliphatic rings. The lowest BCUT2D eigenvalue weighted by Gasteiger charge is -2.22. The molecule has 20 heavy (non-hydrogen) atoms. The van der Waals surface area contributed by atoms with Gasteiger partial charge in [0, 0.05) is 6.20 Å². The molecule has 0 aliphatic carbocycles. The van der Waals surface area contributed by atoms with E-state index in [0.717, 1.165) is 0 Å². The maximum Gasteiger partial charge on any atom is 0.328 e. The minimum absolute atomic E-state index is 0.333. The zero-order valence-electron chi connectivity index (χ0n) is 12.4. The molecule has 1 heterocycles. The van der Waals surface area contributed by atoms with E-state index >= 15 is 0 Å². The number of amides is 1. The maximum atomic E-state index is 12.1. The fraction of sp³-hybridized carbons (Fsp3) is 0.500. The first kappa shape index (κ1) is 16.5. The molecule has 1 aromatic heterocycles. The van der Waals surface area contributed by atoms with Gasteiger partial charge >= 0.3 is 5.97 Å². The maximum absolute atomic E-state index is 12.1. The lowest BCUT2D eigenvalue weighted by Crippen LogP contribution is -2.42. The SMILES string of the molecule is CSc1ncccc1C(=O)N[C@H](C)C(=O)OC(C)(C)C. The van der Waals surface area contributed by atoms with E-state index in [2.05, 4.69) is 10.3 Å². The van der Waals surface area contributed by atoms with Gasteiger partial charge in [-0.1, -0.05) is 0 Å². The second-order valence-electron chi connectivity index (χ2n) is 5.29. The van der Waals surface area contributed by atoms with Crippen molar-refractivity contribution in [1.29, 1.82) is 0 Å². The second-order valence-corrected chi connectivity index (χ2v) is 6.08. The van der Waals surface area contributed by atoms with Crippen LogP contribution in [0.25, 0.3) is 0 Å². The minimum Gasteiger partial charge on any atom is -0.458 e. The van der Waals surface area contributed by atoms with E-state index in [0.29, 0.717) is 10.6 Å². The first-order chi connectivity index (χ1) is 9.24. The van der Waals surface area contributed by atoms with E-state index in [1.165, 1.54) is 11.8 Å². The Morgan fingerprint density at radius 1 is 1.40 bits per heavy atom. The van der Waals surface area contributed by atoms with Crippen LogP contribution in [0, 0.1) is 0 Å². The molecule has 0 aromatic carbocycles. The largest absolute Gasteiger partial charge is 0.458 e. The standard InChI is InChI=1S/C14H20N2O3S/c1-9(13(18)19-14(2,3)4)16-11(17)10-7-6-8-15-12(10)20-5/h6-9H,1-5H3,(H,16,17)/t9-/m1/s1. The van der Waals surface area contributed by atoms with Crippen molar-refractivity contribution in [2.45, 2.75) is 44.4 Å². The van der Waals surface area contributed by atoms with Crippen LogP contribution < -0.4 is 5.32 Å². The van der Waals surface area contributed by atoms with Crippen LogP contribution in [-0.4, -0.2) is 34.8 Å². The third-order valence-electron chi connectivity index (χ3n) is 2.32. The second kappa shape index (κ2) is 6.74. The highest BCUT2D eigenvalue weighted by Gasteiger charge is 2.24. The van der Waals surface area contributed by atoms with Gasteiger partial charge in [-0.25, -0.2) is 9.78 Å². The number of nitrogens with one attached hydrogen (secondary N) is 1. The van der Waals surface area contributed by atoms with Crippen LogP contribution in [0.15, 0.2) is 23.4 Å². The molecule has 0 saturated carbocycles.